The molecule has 142 valence electrons. The Hall–Kier alpha value is -2.54. The molecule has 3 aromatic heterocycles. The van der Waals surface area contributed by atoms with E-state index in [1.54, 1.807) is 21.3 Å². The third-order valence-corrected chi connectivity index (χ3v) is 5.28. The van der Waals surface area contributed by atoms with Crippen molar-refractivity contribution in [3.05, 3.63) is 41.1 Å². The Labute approximate surface area is 162 Å². The molecule has 1 saturated carbocycles. The number of fused-ring (bicyclic) bond motifs is 1. The monoisotopic (exact) mass is 388 g/mol. The number of rotatable bonds is 4. The molecule has 0 atom stereocenters. The highest BCUT2D eigenvalue weighted by molar-refractivity contribution is 6.29. The van der Waals surface area contributed by atoms with E-state index in [4.69, 9.17) is 21.8 Å². The van der Waals surface area contributed by atoms with Crippen molar-refractivity contribution in [1.82, 2.24) is 9.55 Å². The molecular formula is C19H23ClN5O2+. The number of hydrogen-bond acceptors (Lipinski definition) is 5. The third-order valence-electron chi connectivity index (χ3n) is 5.08. The topological polar surface area (TPSA) is 90.2 Å². The molecule has 1 fully saturated rings. The Kier molecular flexibility index (Phi) is 4.78. The van der Waals surface area contributed by atoms with E-state index in [2.05, 4.69) is 10.3 Å². The van der Waals surface area contributed by atoms with Gasteiger partial charge in [0.2, 0.25) is 5.82 Å². The van der Waals surface area contributed by atoms with Gasteiger partial charge in [0.25, 0.3) is 5.91 Å². The molecule has 0 aliphatic heterocycles. The van der Waals surface area contributed by atoms with E-state index in [-0.39, 0.29) is 11.1 Å². The Morgan fingerprint density at radius 3 is 2.89 bits per heavy atom. The molecule has 0 spiro atoms. The second-order valence-corrected chi connectivity index (χ2v) is 7.41. The molecule has 3 N–H and O–H groups in total. The molecule has 4 rings (SSSR count). The van der Waals surface area contributed by atoms with Crippen LogP contribution in [0.4, 0.5) is 11.6 Å². The summed E-state index contributed by atoms with van der Waals surface area (Å²) in [7, 11) is 0. The van der Waals surface area contributed by atoms with Gasteiger partial charge in [0.15, 0.2) is 11.0 Å². The van der Waals surface area contributed by atoms with Crippen LogP contribution in [0, 0.1) is 0 Å². The van der Waals surface area contributed by atoms with Crippen molar-refractivity contribution in [2.75, 3.05) is 11.1 Å². The highest BCUT2D eigenvalue weighted by atomic mass is 35.5. The van der Waals surface area contributed by atoms with Gasteiger partial charge in [-0.25, -0.2) is 0 Å². The summed E-state index contributed by atoms with van der Waals surface area (Å²) in [6, 6.07) is 5.66. The van der Waals surface area contributed by atoms with Gasteiger partial charge in [0.05, 0.1) is 18.7 Å². The van der Waals surface area contributed by atoms with Crippen molar-refractivity contribution < 1.29 is 13.6 Å². The van der Waals surface area contributed by atoms with Crippen LogP contribution in [-0.4, -0.2) is 21.5 Å². The Morgan fingerprint density at radius 2 is 2.22 bits per heavy atom. The lowest BCUT2D eigenvalue weighted by molar-refractivity contribution is -0.481. The molecule has 0 amide bonds. The number of nitrogens with two attached hydrogens (primary N) is 1. The summed E-state index contributed by atoms with van der Waals surface area (Å²) < 4.78 is 8.87. The molecular weight excluding hydrogens is 366 g/mol. The average Bonchev–Trinajstić information content (AvgIpc) is 3.23. The fraction of sp³-hybridized carbons (Fsp3) is 0.421. The highest BCUT2D eigenvalue weighted by Gasteiger charge is 2.31. The summed E-state index contributed by atoms with van der Waals surface area (Å²) in [6.45, 7) is 1.51. The van der Waals surface area contributed by atoms with Crippen LogP contribution in [0.1, 0.15) is 55.3 Å². The van der Waals surface area contributed by atoms with Gasteiger partial charge in [-0.3, -0.25) is 4.79 Å². The van der Waals surface area contributed by atoms with Crippen molar-refractivity contribution in [1.29, 1.82) is 0 Å². The summed E-state index contributed by atoms with van der Waals surface area (Å²) in [6.07, 6.45) is 7.91. The van der Waals surface area contributed by atoms with Crippen molar-refractivity contribution in [2.45, 2.75) is 51.5 Å². The maximum Gasteiger partial charge on any atom is 0.341 e. The summed E-state index contributed by atoms with van der Waals surface area (Å²) in [4.78, 5) is 16.9. The fourth-order valence-electron chi connectivity index (χ4n) is 3.87. The van der Waals surface area contributed by atoms with Crippen LogP contribution in [-0.2, 0) is 6.42 Å². The van der Waals surface area contributed by atoms with E-state index in [1.165, 1.54) is 26.2 Å². The number of nitrogen functional groups attached to an aromatic ring is 1. The Bertz CT molecular complexity index is 974. The van der Waals surface area contributed by atoms with Crippen LogP contribution >= 0.6 is 11.6 Å². The number of nitrogens with one attached hydrogen (secondary N) is 1. The third kappa shape index (κ3) is 3.39. The standard InChI is InChI=1S/C19H22ClN5O2/c1-12(26)24-15(10-14-8-5-9-27-14)18(22-13-6-3-2-4-7-13)25-17(21)11-16(20)23-19(24)25/h5,8-9,11,13,21-22H,2-4,6-7,10H2,1H3/p+1. The first-order valence-electron chi connectivity index (χ1n) is 9.26. The number of nitrogens with zero attached hydrogens (tertiary/aromatic N) is 3. The smallest absolute Gasteiger partial charge is 0.341 e. The SMILES string of the molecule is CC(=O)n1c(Cc2ccco2)c(NC2CCCCC2)[n+]2c(N)cc(Cl)nc12. The Morgan fingerprint density at radius 1 is 1.44 bits per heavy atom. The minimum absolute atomic E-state index is 0.153. The average molecular weight is 389 g/mol. The molecule has 27 heavy (non-hydrogen) atoms. The molecule has 0 bridgehead atoms. The van der Waals surface area contributed by atoms with Crippen molar-refractivity contribution >= 4 is 34.9 Å². The summed E-state index contributed by atoms with van der Waals surface area (Å²) in [5.41, 5.74) is 7.04. The summed E-state index contributed by atoms with van der Waals surface area (Å²) in [5.74, 6) is 2.23. The number of imidazole rings is 1. The molecule has 8 heteroatoms. The van der Waals surface area contributed by atoms with Crippen LogP contribution in [0.5, 0.6) is 0 Å². The summed E-state index contributed by atoms with van der Waals surface area (Å²) >= 11 is 6.13. The van der Waals surface area contributed by atoms with Crippen LogP contribution in [0.25, 0.3) is 5.78 Å². The first-order chi connectivity index (χ1) is 13.0. The van der Waals surface area contributed by atoms with E-state index in [9.17, 15) is 4.79 Å². The minimum atomic E-state index is -0.153. The predicted octanol–water partition coefficient (Wildman–Crippen LogP) is 3.45. The first-order valence-corrected chi connectivity index (χ1v) is 9.63. The van der Waals surface area contributed by atoms with Crippen LogP contribution < -0.4 is 15.5 Å². The van der Waals surface area contributed by atoms with E-state index < -0.39 is 0 Å². The number of halogens is 1. The number of anilines is 2. The lowest BCUT2D eigenvalue weighted by Crippen LogP contribution is -2.34. The zero-order valence-electron chi connectivity index (χ0n) is 15.2. The lowest BCUT2D eigenvalue weighted by Gasteiger charge is -2.21. The minimum Gasteiger partial charge on any atom is -0.469 e. The second-order valence-electron chi connectivity index (χ2n) is 7.02. The van der Waals surface area contributed by atoms with E-state index in [0.29, 0.717) is 24.1 Å². The van der Waals surface area contributed by atoms with Gasteiger partial charge in [0, 0.05) is 13.0 Å². The van der Waals surface area contributed by atoms with E-state index >= 15 is 0 Å². The zero-order valence-corrected chi connectivity index (χ0v) is 16.0. The number of carbonyl (C=O) groups excluding carboxylic acids is 1. The largest absolute Gasteiger partial charge is 0.469 e. The molecule has 1 aliphatic rings. The molecule has 0 unspecified atom stereocenters. The lowest BCUT2D eigenvalue weighted by atomic mass is 9.95. The quantitative estimate of drug-likeness (QED) is 0.527. The summed E-state index contributed by atoms with van der Waals surface area (Å²) in [5, 5.41) is 3.88. The van der Waals surface area contributed by atoms with Gasteiger partial charge < -0.3 is 15.5 Å². The highest BCUT2D eigenvalue weighted by Crippen LogP contribution is 2.26. The molecule has 1 aliphatic carbocycles. The maximum atomic E-state index is 12.5. The van der Waals surface area contributed by atoms with Crippen LogP contribution in [0.2, 0.25) is 5.15 Å². The normalized spacial score (nSPS) is 15.3. The fourth-order valence-corrected chi connectivity index (χ4v) is 4.06. The molecule has 3 heterocycles. The zero-order chi connectivity index (χ0) is 19.0. The molecule has 0 aromatic carbocycles. The van der Waals surface area contributed by atoms with Gasteiger partial charge in [0.1, 0.15) is 11.5 Å². The maximum absolute atomic E-state index is 12.5. The van der Waals surface area contributed by atoms with Gasteiger partial charge in [-0.1, -0.05) is 30.9 Å². The van der Waals surface area contributed by atoms with E-state index in [1.807, 2.05) is 12.1 Å². The number of carbonyl (C=O) groups is 1. The van der Waals surface area contributed by atoms with E-state index in [0.717, 1.165) is 30.1 Å². The van der Waals surface area contributed by atoms with Gasteiger partial charge in [-0.2, -0.15) is 8.97 Å². The molecule has 3 aromatic rings. The van der Waals surface area contributed by atoms with Crippen molar-refractivity contribution in [2.24, 2.45) is 0 Å². The van der Waals surface area contributed by atoms with Gasteiger partial charge >= 0.3 is 5.78 Å². The van der Waals surface area contributed by atoms with Gasteiger partial charge in [-0.15, -0.1) is 4.98 Å². The molecule has 0 saturated heterocycles. The number of furan rings is 1. The van der Waals surface area contributed by atoms with Crippen molar-refractivity contribution in [3.8, 4) is 0 Å². The molecule has 7 nitrogen and oxygen atoms in total. The second kappa shape index (κ2) is 7.23. The van der Waals surface area contributed by atoms with Gasteiger partial charge in [-0.05, 0) is 25.0 Å². The number of hydrogen-bond donors (Lipinski definition) is 2. The Balaban J connectivity index is 1.92. The number of aromatic nitrogens is 3. The molecule has 0 radical (unpaired) electrons. The van der Waals surface area contributed by atoms with Crippen LogP contribution in [0.15, 0.2) is 28.9 Å². The van der Waals surface area contributed by atoms with Crippen LogP contribution in [0.3, 0.4) is 0 Å². The predicted molar refractivity (Wildman–Crippen MR) is 103 cm³/mol. The first kappa shape index (κ1) is 17.9. The van der Waals surface area contributed by atoms with Crippen molar-refractivity contribution in [3.63, 3.8) is 0 Å².